The molecule has 1 fully saturated rings. The lowest BCUT2D eigenvalue weighted by molar-refractivity contribution is -0.174. The van der Waals surface area contributed by atoms with Gasteiger partial charge in [-0.25, -0.2) is 0 Å². The van der Waals surface area contributed by atoms with Gasteiger partial charge >= 0.3 is 6.18 Å². The lowest BCUT2D eigenvalue weighted by Gasteiger charge is -2.22. The summed E-state index contributed by atoms with van der Waals surface area (Å²) in [6.45, 7) is 0.696. The number of nitrogens with zero attached hydrogens (tertiary/aromatic N) is 1. The molecule has 0 aliphatic carbocycles. The molecule has 1 saturated heterocycles. The van der Waals surface area contributed by atoms with Crippen molar-refractivity contribution in [1.29, 1.82) is 0 Å². The maximum absolute atomic E-state index is 11.7. The number of halogens is 3. The first-order chi connectivity index (χ1) is 7.53. The maximum atomic E-state index is 11.7. The molecule has 0 amide bonds. The molecule has 0 radical (unpaired) electrons. The van der Waals surface area contributed by atoms with Gasteiger partial charge < -0.3 is 9.84 Å². The summed E-state index contributed by atoms with van der Waals surface area (Å²) in [5.74, 6) is 0. The van der Waals surface area contributed by atoms with Crippen LogP contribution in [0, 0.1) is 0 Å². The summed E-state index contributed by atoms with van der Waals surface area (Å²) in [5.41, 5.74) is 0. The molecule has 6 heteroatoms. The smallest absolute Gasteiger partial charge is 0.395 e. The molecule has 16 heavy (non-hydrogen) atoms. The van der Waals surface area contributed by atoms with Gasteiger partial charge in [-0.15, -0.1) is 0 Å². The van der Waals surface area contributed by atoms with E-state index < -0.39 is 12.8 Å². The first-order valence-electron chi connectivity index (χ1n) is 5.52. The van der Waals surface area contributed by atoms with E-state index in [4.69, 9.17) is 5.11 Å². The highest BCUT2D eigenvalue weighted by molar-refractivity contribution is 4.77. The summed E-state index contributed by atoms with van der Waals surface area (Å²) in [7, 11) is 0. The molecular weight excluding hydrogens is 223 g/mol. The van der Waals surface area contributed by atoms with Crippen molar-refractivity contribution in [1.82, 2.24) is 4.90 Å². The average molecular weight is 241 g/mol. The number of hydrogen-bond donors (Lipinski definition) is 1. The van der Waals surface area contributed by atoms with Gasteiger partial charge in [-0.05, 0) is 25.8 Å². The Labute approximate surface area is 93.2 Å². The maximum Gasteiger partial charge on any atom is 0.411 e. The molecule has 0 aromatic carbocycles. The second-order valence-electron chi connectivity index (χ2n) is 4.04. The minimum absolute atomic E-state index is 0.119. The van der Waals surface area contributed by atoms with E-state index in [9.17, 15) is 13.2 Å². The molecule has 1 atom stereocenters. The van der Waals surface area contributed by atoms with Crippen molar-refractivity contribution >= 4 is 0 Å². The van der Waals surface area contributed by atoms with Gasteiger partial charge in [0.05, 0.1) is 6.61 Å². The van der Waals surface area contributed by atoms with Gasteiger partial charge in [-0.1, -0.05) is 0 Å². The molecule has 1 unspecified atom stereocenters. The summed E-state index contributed by atoms with van der Waals surface area (Å²) in [5, 5.41) is 9.02. The predicted molar refractivity (Wildman–Crippen MR) is 53.2 cm³/mol. The van der Waals surface area contributed by atoms with Gasteiger partial charge in [-0.2, -0.15) is 13.2 Å². The lowest BCUT2D eigenvalue weighted by Crippen LogP contribution is -2.33. The van der Waals surface area contributed by atoms with Crippen molar-refractivity contribution in [2.24, 2.45) is 0 Å². The largest absolute Gasteiger partial charge is 0.411 e. The number of aliphatic hydroxyl groups is 1. The minimum Gasteiger partial charge on any atom is -0.395 e. The number of ether oxygens (including phenoxy) is 1. The molecule has 0 aromatic heterocycles. The summed E-state index contributed by atoms with van der Waals surface area (Å²) in [4.78, 5) is 2.11. The van der Waals surface area contributed by atoms with Crippen molar-refractivity contribution in [3.8, 4) is 0 Å². The Morgan fingerprint density at radius 3 is 2.75 bits per heavy atom. The minimum atomic E-state index is -4.23. The number of rotatable bonds is 6. The second-order valence-corrected chi connectivity index (χ2v) is 4.04. The van der Waals surface area contributed by atoms with Gasteiger partial charge in [0.15, 0.2) is 0 Å². The Hall–Kier alpha value is -0.330. The monoisotopic (exact) mass is 241 g/mol. The molecule has 1 heterocycles. The summed E-state index contributed by atoms with van der Waals surface area (Å²) >= 11 is 0. The number of alkyl halides is 3. The summed E-state index contributed by atoms with van der Waals surface area (Å²) in [6, 6.07) is 0.183. The fourth-order valence-electron chi connectivity index (χ4n) is 1.95. The third-order valence-corrected chi connectivity index (χ3v) is 2.71. The molecule has 1 aliphatic rings. The van der Waals surface area contributed by atoms with Crippen molar-refractivity contribution < 1.29 is 23.0 Å². The zero-order valence-electron chi connectivity index (χ0n) is 9.17. The summed E-state index contributed by atoms with van der Waals surface area (Å²) < 4.78 is 39.7. The van der Waals surface area contributed by atoms with Crippen LogP contribution >= 0.6 is 0 Å². The zero-order valence-corrected chi connectivity index (χ0v) is 9.17. The van der Waals surface area contributed by atoms with Crippen molar-refractivity contribution in [3.05, 3.63) is 0 Å². The van der Waals surface area contributed by atoms with E-state index in [-0.39, 0.29) is 19.3 Å². The number of aliphatic hydroxyl groups excluding tert-OH is 1. The topological polar surface area (TPSA) is 32.7 Å². The predicted octanol–water partition coefficient (Wildman–Crippen LogP) is 1.41. The quantitative estimate of drug-likeness (QED) is 0.714. The SMILES string of the molecule is OCC1CCCN1CCCOCC(F)(F)F. The van der Waals surface area contributed by atoms with Crippen LogP contribution in [0.4, 0.5) is 13.2 Å². The van der Waals surface area contributed by atoms with E-state index in [1.54, 1.807) is 0 Å². The fourth-order valence-corrected chi connectivity index (χ4v) is 1.95. The Balaban J connectivity index is 2.03. The molecule has 0 spiro atoms. The van der Waals surface area contributed by atoms with Crippen LogP contribution in [0.25, 0.3) is 0 Å². The van der Waals surface area contributed by atoms with E-state index in [0.717, 1.165) is 19.4 Å². The Morgan fingerprint density at radius 2 is 2.12 bits per heavy atom. The van der Waals surface area contributed by atoms with Gasteiger partial charge in [0, 0.05) is 19.2 Å². The first kappa shape index (κ1) is 13.7. The molecule has 0 aromatic rings. The lowest BCUT2D eigenvalue weighted by atomic mass is 10.2. The molecule has 3 nitrogen and oxygen atoms in total. The van der Waals surface area contributed by atoms with Gasteiger partial charge in [-0.3, -0.25) is 4.90 Å². The third kappa shape index (κ3) is 5.14. The molecule has 0 saturated carbocycles. The van der Waals surface area contributed by atoms with Crippen LogP contribution in [-0.4, -0.2) is 55.1 Å². The third-order valence-electron chi connectivity index (χ3n) is 2.71. The van der Waals surface area contributed by atoms with Gasteiger partial charge in [0.25, 0.3) is 0 Å². The van der Waals surface area contributed by atoms with Crippen LogP contribution in [-0.2, 0) is 4.74 Å². The molecular formula is C10H18F3NO2. The standard InChI is InChI=1S/C10H18F3NO2/c11-10(12,13)8-16-6-2-5-14-4-1-3-9(14)7-15/h9,15H,1-8H2. The Morgan fingerprint density at radius 1 is 1.38 bits per heavy atom. The summed E-state index contributed by atoms with van der Waals surface area (Å²) in [6.07, 6.45) is -1.64. The van der Waals surface area contributed by atoms with Crippen molar-refractivity contribution in [3.63, 3.8) is 0 Å². The Bertz CT molecular complexity index is 199. The highest BCUT2D eigenvalue weighted by Crippen LogP contribution is 2.17. The van der Waals surface area contributed by atoms with E-state index >= 15 is 0 Å². The molecule has 0 bridgehead atoms. The van der Waals surface area contributed by atoms with Crippen LogP contribution in [0.1, 0.15) is 19.3 Å². The number of likely N-dealkylation sites (tertiary alicyclic amines) is 1. The average Bonchev–Trinajstić information content (AvgIpc) is 2.63. The second kappa shape index (κ2) is 6.42. The van der Waals surface area contributed by atoms with Gasteiger partial charge in [0.2, 0.25) is 0 Å². The highest BCUT2D eigenvalue weighted by Gasteiger charge is 2.27. The van der Waals surface area contributed by atoms with Crippen LogP contribution in [0.5, 0.6) is 0 Å². The van der Waals surface area contributed by atoms with Crippen molar-refractivity contribution in [2.75, 3.05) is 32.9 Å². The highest BCUT2D eigenvalue weighted by atomic mass is 19.4. The van der Waals surface area contributed by atoms with E-state index in [1.807, 2.05) is 0 Å². The first-order valence-corrected chi connectivity index (χ1v) is 5.52. The Kier molecular flexibility index (Phi) is 5.51. The molecule has 1 rings (SSSR count). The molecule has 1 aliphatic heterocycles. The van der Waals surface area contributed by atoms with E-state index in [0.29, 0.717) is 13.0 Å². The molecule has 1 N–H and O–H groups in total. The normalized spacial score (nSPS) is 22.9. The fraction of sp³-hybridized carbons (Fsp3) is 1.00. The number of hydrogen-bond acceptors (Lipinski definition) is 3. The van der Waals surface area contributed by atoms with Crippen LogP contribution in [0.2, 0.25) is 0 Å². The van der Waals surface area contributed by atoms with Crippen LogP contribution < -0.4 is 0 Å². The zero-order chi connectivity index (χ0) is 12.0. The van der Waals surface area contributed by atoms with E-state index in [2.05, 4.69) is 9.64 Å². The van der Waals surface area contributed by atoms with Gasteiger partial charge in [0.1, 0.15) is 6.61 Å². The van der Waals surface area contributed by atoms with E-state index in [1.165, 1.54) is 0 Å². The van der Waals surface area contributed by atoms with Crippen LogP contribution in [0.15, 0.2) is 0 Å². The molecule has 96 valence electrons. The van der Waals surface area contributed by atoms with Crippen LogP contribution in [0.3, 0.4) is 0 Å². The van der Waals surface area contributed by atoms with Crippen molar-refractivity contribution in [2.45, 2.75) is 31.5 Å².